The van der Waals surface area contributed by atoms with E-state index >= 15 is 0 Å². The lowest BCUT2D eigenvalue weighted by Crippen LogP contribution is -2.52. The molecule has 3 nitrogen and oxygen atoms in total. The predicted octanol–water partition coefficient (Wildman–Crippen LogP) is 0.444. The van der Waals surface area contributed by atoms with Crippen LogP contribution >= 0.6 is 0 Å². The van der Waals surface area contributed by atoms with Gasteiger partial charge in [0, 0.05) is 25.7 Å². The van der Waals surface area contributed by atoms with Crippen LogP contribution < -0.4 is 5.73 Å². The first-order valence-corrected chi connectivity index (χ1v) is 4.87. The van der Waals surface area contributed by atoms with E-state index in [4.69, 9.17) is 10.5 Å². The van der Waals surface area contributed by atoms with Gasteiger partial charge < -0.3 is 15.4 Å². The van der Waals surface area contributed by atoms with Crippen LogP contribution in [0.3, 0.4) is 0 Å². The SMILES string of the molecule is CCO[C@@H]1CCN(CC)C[C@@H]1N. The second kappa shape index (κ2) is 4.80. The van der Waals surface area contributed by atoms with Crippen LogP contribution in [-0.4, -0.2) is 43.3 Å². The highest BCUT2D eigenvalue weighted by atomic mass is 16.5. The van der Waals surface area contributed by atoms with Crippen molar-refractivity contribution in [1.29, 1.82) is 0 Å². The summed E-state index contributed by atoms with van der Waals surface area (Å²) in [6.07, 6.45) is 1.38. The Morgan fingerprint density at radius 2 is 2.25 bits per heavy atom. The number of ether oxygens (including phenoxy) is 1. The van der Waals surface area contributed by atoms with Gasteiger partial charge in [-0.15, -0.1) is 0 Å². The van der Waals surface area contributed by atoms with Crippen molar-refractivity contribution in [2.24, 2.45) is 5.73 Å². The highest BCUT2D eigenvalue weighted by Crippen LogP contribution is 2.12. The third-order valence-corrected chi connectivity index (χ3v) is 2.50. The van der Waals surface area contributed by atoms with Gasteiger partial charge in [-0.05, 0) is 19.9 Å². The zero-order valence-electron chi connectivity index (χ0n) is 8.12. The molecule has 2 atom stereocenters. The molecule has 0 radical (unpaired) electrons. The van der Waals surface area contributed by atoms with Gasteiger partial charge in [0.05, 0.1) is 6.10 Å². The van der Waals surface area contributed by atoms with Crippen molar-refractivity contribution in [2.45, 2.75) is 32.4 Å². The molecule has 72 valence electrons. The van der Waals surface area contributed by atoms with E-state index in [2.05, 4.69) is 11.8 Å². The Bertz CT molecular complexity index is 130. The number of likely N-dealkylation sites (tertiary alicyclic amines) is 1. The molecule has 0 unspecified atom stereocenters. The zero-order chi connectivity index (χ0) is 8.97. The predicted molar refractivity (Wildman–Crippen MR) is 50.1 cm³/mol. The number of likely N-dealkylation sites (N-methyl/N-ethyl adjacent to an activating group) is 1. The van der Waals surface area contributed by atoms with Gasteiger partial charge in [0.1, 0.15) is 0 Å². The Morgan fingerprint density at radius 1 is 1.50 bits per heavy atom. The fourth-order valence-corrected chi connectivity index (χ4v) is 1.74. The maximum Gasteiger partial charge on any atom is 0.0750 e. The molecule has 0 spiro atoms. The van der Waals surface area contributed by atoms with Crippen molar-refractivity contribution in [3.8, 4) is 0 Å². The van der Waals surface area contributed by atoms with E-state index in [9.17, 15) is 0 Å². The lowest BCUT2D eigenvalue weighted by atomic mass is 10.0. The molecule has 1 fully saturated rings. The Labute approximate surface area is 74.9 Å². The van der Waals surface area contributed by atoms with E-state index < -0.39 is 0 Å². The molecule has 0 aliphatic carbocycles. The molecule has 2 N–H and O–H groups in total. The summed E-state index contributed by atoms with van der Waals surface area (Å²) in [4.78, 5) is 2.38. The molecule has 1 saturated heterocycles. The van der Waals surface area contributed by atoms with Crippen LogP contribution in [0.5, 0.6) is 0 Å². The molecule has 0 aromatic carbocycles. The van der Waals surface area contributed by atoms with Crippen molar-refractivity contribution in [2.75, 3.05) is 26.2 Å². The average molecular weight is 172 g/mol. The number of hydrogen-bond acceptors (Lipinski definition) is 3. The van der Waals surface area contributed by atoms with Crippen LogP contribution in [0.25, 0.3) is 0 Å². The summed E-state index contributed by atoms with van der Waals surface area (Å²) in [7, 11) is 0. The topological polar surface area (TPSA) is 38.5 Å². The average Bonchev–Trinajstić information content (AvgIpc) is 2.09. The summed E-state index contributed by atoms with van der Waals surface area (Å²) in [5.74, 6) is 0. The maximum atomic E-state index is 5.96. The van der Waals surface area contributed by atoms with E-state index in [0.717, 1.165) is 32.7 Å². The fraction of sp³-hybridized carbons (Fsp3) is 1.00. The summed E-state index contributed by atoms with van der Waals surface area (Å²) >= 11 is 0. The summed E-state index contributed by atoms with van der Waals surface area (Å²) in [6, 6.07) is 0.207. The number of nitrogens with zero attached hydrogens (tertiary/aromatic N) is 1. The van der Waals surface area contributed by atoms with Crippen LogP contribution in [0.4, 0.5) is 0 Å². The molecule has 0 amide bonds. The fourth-order valence-electron chi connectivity index (χ4n) is 1.74. The monoisotopic (exact) mass is 172 g/mol. The summed E-state index contributed by atoms with van der Waals surface area (Å²) in [5.41, 5.74) is 5.96. The zero-order valence-corrected chi connectivity index (χ0v) is 8.12. The number of piperidine rings is 1. The van der Waals surface area contributed by atoms with Gasteiger partial charge in [0.15, 0.2) is 0 Å². The Kier molecular flexibility index (Phi) is 3.98. The van der Waals surface area contributed by atoms with Crippen LogP contribution in [0.2, 0.25) is 0 Å². The van der Waals surface area contributed by atoms with Gasteiger partial charge in [-0.3, -0.25) is 0 Å². The van der Waals surface area contributed by atoms with E-state index in [-0.39, 0.29) is 12.1 Å². The van der Waals surface area contributed by atoms with Gasteiger partial charge in [-0.2, -0.15) is 0 Å². The molecule has 1 aliphatic rings. The van der Waals surface area contributed by atoms with Gasteiger partial charge in [0.2, 0.25) is 0 Å². The first kappa shape index (κ1) is 9.96. The minimum atomic E-state index is 0.207. The third-order valence-electron chi connectivity index (χ3n) is 2.50. The molecule has 1 heterocycles. The normalized spacial score (nSPS) is 32.2. The van der Waals surface area contributed by atoms with Gasteiger partial charge >= 0.3 is 0 Å². The van der Waals surface area contributed by atoms with Crippen LogP contribution in [0.1, 0.15) is 20.3 Å². The molecular weight excluding hydrogens is 152 g/mol. The second-order valence-corrected chi connectivity index (χ2v) is 3.34. The standard InChI is InChI=1S/C9H20N2O/c1-3-11-6-5-9(12-4-2)8(10)7-11/h8-9H,3-7,10H2,1-2H3/t8-,9+/m0/s1. The van der Waals surface area contributed by atoms with Crippen LogP contribution in [0.15, 0.2) is 0 Å². The van der Waals surface area contributed by atoms with Gasteiger partial charge in [-0.25, -0.2) is 0 Å². The smallest absolute Gasteiger partial charge is 0.0750 e. The van der Waals surface area contributed by atoms with Crippen LogP contribution in [0, 0.1) is 0 Å². The first-order chi connectivity index (χ1) is 5.77. The molecule has 0 bridgehead atoms. The van der Waals surface area contributed by atoms with Gasteiger partial charge in [0.25, 0.3) is 0 Å². The number of rotatable bonds is 3. The van der Waals surface area contributed by atoms with Crippen molar-refractivity contribution in [1.82, 2.24) is 4.90 Å². The third kappa shape index (κ3) is 2.44. The van der Waals surface area contributed by atoms with E-state index in [0.29, 0.717) is 0 Å². The largest absolute Gasteiger partial charge is 0.377 e. The van der Waals surface area contributed by atoms with Crippen molar-refractivity contribution in [3.63, 3.8) is 0 Å². The van der Waals surface area contributed by atoms with Crippen molar-refractivity contribution in [3.05, 3.63) is 0 Å². The lowest BCUT2D eigenvalue weighted by Gasteiger charge is -2.35. The van der Waals surface area contributed by atoms with Gasteiger partial charge in [-0.1, -0.05) is 6.92 Å². The summed E-state index contributed by atoms with van der Waals surface area (Å²) in [6.45, 7) is 8.21. The van der Waals surface area contributed by atoms with E-state index in [1.54, 1.807) is 0 Å². The molecule has 12 heavy (non-hydrogen) atoms. The van der Waals surface area contributed by atoms with Crippen molar-refractivity contribution >= 4 is 0 Å². The highest BCUT2D eigenvalue weighted by molar-refractivity contribution is 4.83. The molecule has 0 aromatic heterocycles. The minimum absolute atomic E-state index is 0.207. The van der Waals surface area contributed by atoms with E-state index in [1.807, 2.05) is 6.92 Å². The molecule has 0 aromatic rings. The van der Waals surface area contributed by atoms with Crippen molar-refractivity contribution < 1.29 is 4.74 Å². The minimum Gasteiger partial charge on any atom is -0.377 e. The quantitative estimate of drug-likeness (QED) is 0.671. The Balaban J connectivity index is 2.31. The highest BCUT2D eigenvalue weighted by Gasteiger charge is 2.25. The molecule has 1 aliphatic heterocycles. The summed E-state index contributed by atoms with van der Waals surface area (Å²) in [5, 5.41) is 0. The Morgan fingerprint density at radius 3 is 2.75 bits per heavy atom. The summed E-state index contributed by atoms with van der Waals surface area (Å²) < 4.78 is 5.54. The maximum absolute atomic E-state index is 5.96. The number of nitrogens with two attached hydrogens (primary N) is 1. The second-order valence-electron chi connectivity index (χ2n) is 3.34. The lowest BCUT2D eigenvalue weighted by molar-refractivity contribution is 0.000852. The first-order valence-electron chi connectivity index (χ1n) is 4.87. The van der Waals surface area contributed by atoms with E-state index in [1.165, 1.54) is 0 Å². The molecule has 0 saturated carbocycles. The molecular formula is C9H20N2O. The van der Waals surface area contributed by atoms with Crippen LogP contribution in [-0.2, 0) is 4.74 Å². The molecule has 1 rings (SSSR count). The molecule has 3 heteroatoms. The Hall–Kier alpha value is -0.120. The number of hydrogen-bond donors (Lipinski definition) is 1.